The Balaban J connectivity index is 1.81. The Morgan fingerprint density at radius 2 is 1.90 bits per heavy atom. The monoisotopic (exact) mass is 455 g/mol. The number of fused-ring (bicyclic) bond motifs is 1. The number of hydrogen-bond acceptors (Lipinski definition) is 5. The summed E-state index contributed by atoms with van der Waals surface area (Å²) in [6, 6.07) is 7.76. The van der Waals surface area contributed by atoms with Gasteiger partial charge in [0.25, 0.3) is 5.91 Å². The van der Waals surface area contributed by atoms with Crippen LogP contribution in [0, 0.1) is 6.92 Å². The molecule has 3 aromatic heterocycles. The third-order valence-corrected chi connectivity index (χ3v) is 4.77. The van der Waals surface area contributed by atoms with Gasteiger partial charge in [-0.3, -0.25) is 4.79 Å². The van der Waals surface area contributed by atoms with Crippen molar-refractivity contribution in [3.63, 3.8) is 0 Å². The molecular formula is C18H10Cl2F3N5O2. The van der Waals surface area contributed by atoms with Gasteiger partial charge in [-0.15, -0.1) is 0 Å². The van der Waals surface area contributed by atoms with Crippen LogP contribution in [0.2, 0.25) is 10.0 Å². The molecule has 12 heteroatoms. The second-order valence-electron chi connectivity index (χ2n) is 6.23. The number of aryl methyl sites for hydroxylation is 1. The second kappa shape index (κ2) is 7.29. The quantitative estimate of drug-likeness (QED) is 0.454. The summed E-state index contributed by atoms with van der Waals surface area (Å²) in [6.07, 6.45) is -4.75. The number of carbonyl (C=O) groups excluding carboxylic acids is 1. The highest BCUT2D eigenvalue weighted by Crippen LogP contribution is 2.34. The number of nitrogens with one attached hydrogen (secondary N) is 1. The Bertz CT molecular complexity index is 1280. The van der Waals surface area contributed by atoms with Gasteiger partial charge in [-0.25, -0.2) is 9.50 Å². The fraction of sp³-hybridized carbons (Fsp3) is 0.111. The standard InChI is InChI=1S/C18H10Cl2F3N5O2/c1-8-4-15(27-30-8)25-17(29)13-7-16-24-12(9-2-3-10(19)11(20)5-9)6-14(18(21,22)23)28(16)26-13/h2-7H,1H3,(H,25,27,29). The van der Waals surface area contributed by atoms with Crippen LogP contribution < -0.4 is 5.32 Å². The van der Waals surface area contributed by atoms with E-state index in [-0.39, 0.29) is 32.9 Å². The highest BCUT2D eigenvalue weighted by molar-refractivity contribution is 6.42. The zero-order chi connectivity index (χ0) is 21.6. The molecule has 0 bridgehead atoms. The molecule has 30 heavy (non-hydrogen) atoms. The minimum atomic E-state index is -4.75. The van der Waals surface area contributed by atoms with Gasteiger partial charge in [0, 0.05) is 17.7 Å². The lowest BCUT2D eigenvalue weighted by Gasteiger charge is -2.11. The first kappa shape index (κ1) is 20.2. The molecule has 0 atom stereocenters. The molecule has 4 aromatic rings. The first-order valence-electron chi connectivity index (χ1n) is 8.30. The Morgan fingerprint density at radius 3 is 2.53 bits per heavy atom. The lowest BCUT2D eigenvalue weighted by Crippen LogP contribution is -2.15. The van der Waals surface area contributed by atoms with Gasteiger partial charge >= 0.3 is 6.18 Å². The lowest BCUT2D eigenvalue weighted by molar-refractivity contribution is -0.142. The first-order valence-corrected chi connectivity index (χ1v) is 9.05. The van der Waals surface area contributed by atoms with Crippen LogP contribution in [0.25, 0.3) is 16.9 Å². The van der Waals surface area contributed by atoms with E-state index in [4.69, 9.17) is 27.7 Å². The molecule has 3 heterocycles. The van der Waals surface area contributed by atoms with Gasteiger partial charge in [0.2, 0.25) is 0 Å². The van der Waals surface area contributed by atoms with Crippen LogP contribution >= 0.6 is 23.2 Å². The molecule has 7 nitrogen and oxygen atoms in total. The van der Waals surface area contributed by atoms with E-state index >= 15 is 0 Å². The molecule has 0 aliphatic rings. The van der Waals surface area contributed by atoms with Crippen LogP contribution in [0.1, 0.15) is 21.9 Å². The molecule has 0 radical (unpaired) electrons. The van der Waals surface area contributed by atoms with Gasteiger partial charge in [0.1, 0.15) is 5.76 Å². The highest BCUT2D eigenvalue weighted by atomic mass is 35.5. The third-order valence-electron chi connectivity index (χ3n) is 4.04. The van der Waals surface area contributed by atoms with Crippen molar-refractivity contribution in [3.8, 4) is 11.3 Å². The van der Waals surface area contributed by atoms with E-state index in [1.54, 1.807) is 6.92 Å². The first-order chi connectivity index (χ1) is 14.1. The smallest absolute Gasteiger partial charge is 0.360 e. The molecule has 1 amide bonds. The topological polar surface area (TPSA) is 85.3 Å². The number of amides is 1. The molecular weight excluding hydrogens is 446 g/mol. The summed E-state index contributed by atoms with van der Waals surface area (Å²) >= 11 is 11.8. The van der Waals surface area contributed by atoms with Crippen molar-refractivity contribution in [1.29, 1.82) is 0 Å². The van der Waals surface area contributed by atoms with Crippen LogP contribution in [0.5, 0.6) is 0 Å². The molecule has 0 saturated heterocycles. The van der Waals surface area contributed by atoms with Gasteiger partial charge in [0.05, 0.1) is 15.7 Å². The lowest BCUT2D eigenvalue weighted by atomic mass is 10.1. The second-order valence-corrected chi connectivity index (χ2v) is 7.04. The van der Waals surface area contributed by atoms with Crippen LogP contribution in [-0.2, 0) is 6.18 Å². The van der Waals surface area contributed by atoms with Crippen LogP contribution in [-0.4, -0.2) is 25.7 Å². The zero-order valence-electron chi connectivity index (χ0n) is 15.0. The summed E-state index contributed by atoms with van der Waals surface area (Å²) in [7, 11) is 0. The number of anilines is 1. The average molecular weight is 456 g/mol. The van der Waals surface area contributed by atoms with Crippen LogP contribution in [0.4, 0.5) is 19.0 Å². The molecule has 0 aliphatic carbocycles. The number of alkyl halides is 3. The molecule has 1 N–H and O–H groups in total. The van der Waals surface area contributed by atoms with Crippen molar-refractivity contribution in [3.05, 3.63) is 63.6 Å². The largest absolute Gasteiger partial charge is 0.433 e. The summed E-state index contributed by atoms with van der Waals surface area (Å²) in [6.45, 7) is 1.62. The molecule has 4 rings (SSSR count). The predicted molar refractivity (Wildman–Crippen MR) is 103 cm³/mol. The van der Waals surface area contributed by atoms with Gasteiger partial charge < -0.3 is 9.84 Å². The predicted octanol–water partition coefficient (Wildman–Crippen LogP) is 5.27. The number of benzene rings is 1. The normalized spacial score (nSPS) is 11.8. The number of hydrogen-bond donors (Lipinski definition) is 1. The van der Waals surface area contributed by atoms with Crippen LogP contribution in [0.15, 0.2) is 40.9 Å². The van der Waals surface area contributed by atoms with Gasteiger partial charge in [-0.05, 0) is 25.1 Å². The van der Waals surface area contributed by atoms with Crippen molar-refractivity contribution in [2.75, 3.05) is 5.32 Å². The molecule has 0 spiro atoms. The molecule has 0 aliphatic heterocycles. The Morgan fingerprint density at radius 1 is 1.13 bits per heavy atom. The van der Waals surface area contributed by atoms with Crippen molar-refractivity contribution in [2.45, 2.75) is 13.1 Å². The number of carbonyl (C=O) groups is 1. The highest BCUT2D eigenvalue weighted by Gasteiger charge is 2.35. The van der Waals surface area contributed by atoms with E-state index in [1.807, 2.05) is 0 Å². The molecule has 0 unspecified atom stereocenters. The van der Waals surface area contributed by atoms with Crippen molar-refractivity contribution in [2.24, 2.45) is 0 Å². The Hall–Kier alpha value is -3.11. The fourth-order valence-corrected chi connectivity index (χ4v) is 2.99. The molecule has 0 fully saturated rings. The molecule has 0 saturated carbocycles. The summed E-state index contributed by atoms with van der Waals surface area (Å²) < 4.78 is 46.4. The maximum Gasteiger partial charge on any atom is 0.433 e. The van der Waals surface area contributed by atoms with Crippen LogP contribution in [0.3, 0.4) is 0 Å². The van der Waals surface area contributed by atoms with Crippen molar-refractivity contribution >= 4 is 40.6 Å². The van der Waals surface area contributed by atoms with Crippen molar-refractivity contribution in [1.82, 2.24) is 19.8 Å². The van der Waals surface area contributed by atoms with E-state index in [0.717, 1.165) is 12.1 Å². The van der Waals surface area contributed by atoms with Crippen molar-refractivity contribution < 1.29 is 22.5 Å². The minimum absolute atomic E-state index is 0.00706. The summed E-state index contributed by atoms with van der Waals surface area (Å²) in [5.74, 6) is -0.208. The van der Waals surface area contributed by atoms with E-state index < -0.39 is 17.8 Å². The number of rotatable bonds is 3. The maximum absolute atomic E-state index is 13.7. The summed E-state index contributed by atoms with van der Waals surface area (Å²) in [4.78, 5) is 16.6. The Kier molecular flexibility index (Phi) is 4.91. The summed E-state index contributed by atoms with van der Waals surface area (Å²) in [5.41, 5.74) is -1.24. The van der Waals surface area contributed by atoms with E-state index in [1.165, 1.54) is 24.3 Å². The average Bonchev–Trinajstić information content (AvgIpc) is 3.28. The fourth-order valence-electron chi connectivity index (χ4n) is 2.70. The number of halogens is 5. The molecule has 1 aromatic carbocycles. The zero-order valence-corrected chi connectivity index (χ0v) is 16.5. The number of nitrogens with zero attached hydrogens (tertiary/aromatic N) is 4. The number of aromatic nitrogens is 4. The minimum Gasteiger partial charge on any atom is -0.360 e. The third kappa shape index (κ3) is 3.83. The SMILES string of the molecule is Cc1cc(NC(=O)c2cc3nc(-c4ccc(Cl)c(Cl)c4)cc(C(F)(F)F)n3n2)no1. The van der Waals surface area contributed by atoms with E-state index in [0.29, 0.717) is 15.8 Å². The van der Waals surface area contributed by atoms with Gasteiger partial charge in [-0.2, -0.15) is 18.3 Å². The molecule has 154 valence electrons. The maximum atomic E-state index is 13.7. The summed E-state index contributed by atoms with van der Waals surface area (Å²) in [5, 5.41) is 10.2. The van der Waals surface area contributed by atoms with Gasteiger partial charge in [0.15, 0.2) is 22.9 Å². The Labute approximate surface area is 176 Å². The van der Waals surface area contributed by atoms with E-state index in [2.05, 4.69) is 20.6 Å². The van der Waals surface area contributed by atoms with Gasteiger partial charge in [-0.1, -0.05) is 34.4 Å². The van der Waals surface area contributed by atoms with E-state index in [9.17, 15) is 18.0 Å².